The van der Waals surface area contributed by atoms with Crippen LogP contribution < -0.4 is 5.32 Å². The van der Waals surface area contributed by atoms with Crippen LogP contribution in [0.1, 0.15) is 36.2 Å². The van der Waals surface area contributed by atoms with E-state index in [1.165, 1.54) is 31.7 Å². The van der Waals surface area contributed by atoms with Crippen molar-refractivity contribution >= 4 is 17.5 Å². The van der Waals surface area contributed by atoms with Crippen LogP contribution in [0.4, 0.5) is 11.5 Å². The fourth-order valence-corrected chi connectivity index (χ4v) is 2.83. The maximum atomic E-state index is 11.0. The zero-order valence-corrected chi connectivity index (χ0v) is 11.5. The molecule has 0 amide bonds. The standard InChI is InChI=1S/C14H17N3O4/c18-14(19)11-5-6-12(17(20)21)13(16-11)15-7-10(8-1-2-8)9-3-4-9/h5-6,8-10H,1-4,7H2,(H,15,16)(H,18,19). The van der Waals surface area contributed by atoms with Crippen LogP contribution in [0.25, 0.3) is 0 Å². The number of hydrogen-bond acceptors (Lipinski definition) is 5. The number of nitro groups is 1. The van der Waals surface area contributed by atoms with E-state index in [9.17, 15) is 14.9 Å². The van der Waals surface area contributed by atoms with Crippen molar-refractivity contribution in [1.82, 2.24) is 4.98 Å². The number of aromatic carboxylic acids is 1. The summed E-state index contributed by atoms with van der Waals surface area (Å²) >= 11 is 0. The molecule has 1 aromatic rings. The van der Waals surface area contributed by atoms with E-state index in [0.29, 0.717) is 24.3 Å². The van der Waals surface area contributed by atoms with Gasteiger partial charge in [0, 0.05) is 12.6 Å². The third kappa shape index (κ3) is 3.12. The molecule has 7 nitrogen and oxygen atoms in total. The molecular weight excluding hydrogens is 274 g/mol. The van der Waals surface area contributed by atoms with Gasteiger partial charge in [0.05, 0.1) is 4.92 Å². The summed E-state index contributed by atoms with van der Waals surface area (Å²) in [6.07, 6.45) is 4.92. The van der Waals surface area contributed by atoms with E-state index in [4.69, 9.17) is 5.11 Å². The molecule has 0 radical (unpaired) electrons. The average molecular weight is 291 g/mol. The lowest BCUT2D eigenvalue weighted by molar-refractivity contribution is -0.384. The molecule has 2 N–H and O–H groups in total. The molecule has 0 aromatic carbocycles. The van der Waals surface area contributed by atoms with Gasteiger partial charge in [0.25, 0.3) is 0 Å². The first-order chi connectivity index (χ1) is 10.1. The molecule has 1 aromatic heterocycles. The number of aromatic nitrogens is 1. The van der Waals surface area contributed by atoms with E-state index < -0.39 is 10.9 Å². The zero-order chi connectivity index (χ0) is 15.0. The van der Waals surface area contributed by atoms with Gasteiger partial charge in [-0.05, 0) is 49.5 Å². The van der Waals surface area contributed by atoms with Gasteiger partial charge in [-0.3, -0.25) is 10.1 Å². The van der Waals surface area contributed by atoms with Crippen LogP contribution >= 0.6 is 0 Å². The third-order valence-electron chi connectivity index (χ3n) is 4.25. The van der Waals surface area contributed by atoms with Gasteiger partial charge < -0.3 is 10.4 Å². The zero-order valence-electron chi connectivity index (χ0n) is 11.5. The minimum atomic E-state index is -1.19. The Hall–Kier alpha value is -2.18. The summed E-state index contributed by atoms with van der Waals surface area (Å²) in [5.41, 5.74) is -0.358. The molecule has 2 aliphatic rings. The molecule has 0 spiro atoms. The van der Waals surface area contributed by atoms with Crippen LogP contribution in [0.3, 0.4) is 0 Å². The maximum absolute atomic E-state index is 11.0. The molecule has 3 rings (SSSR count). The molecule has 0 aliphatic heterocycles. The summed E-state index contributed by atoms with van der Waals surface area (Å²) in [5.74, 6) is 0.832. The van der Waals surface area contributed by atoms with Gasteiger partial charge in [0.15, 0.2) is 5.69 Å². The van der Waals surface area contributed by atoms with Crippen LogP contribution in [0.5, 0.6) is 0 Å². The average Bonchev–Trinajstić information content (AvgIpc) is 3.32. The summed E-state index contributed by atoms with van der Waals surface area (Å²) in [7, 11) is 0. The quantitative estimate of drug-likeness (QED) is 0.590. The van der Waals surface area contributed by atoms with Gasteiger partial charge in [0.2, 0.25) is 5.82 Å². The van der Waals surface area contributed by atoms with E-state index in [1.807, 2.05) is 0 Å². The van der Waals surface area contributed by atoms with Crippen molar-refractivity contribution in [2.75, 3.05) is 11.9 Å². The van der Waals surface area contributed by atoms with Gasteiger partial charge in [-0.25, -0.2) is 9.78 Å². The fraction of sp³-hybridized carbons (Fsp3) is 0.571. The Kier molecular flexibility index (Phi) is 3.48. The predicted octanol–water partition coefficient (Wildman–Crippen LogP) is 2.54. The van der Waals surface area contributed by atoms with Crippen LogP contribution in [0.2, 0.25) is 0 Å². The van der Waals surface area contributed by atoms with Gasteiger partial charge in [-0.2, -0.15) is 0 Å². The summed E-state index contributed by atoms with van der Waals surface area (Å²) in [6.45, 7) is 0.631. The van der Waals surface area contributed by atoms with E-state index in [-0.39, 0.29) is 17.2 Å². The number of nitrogens with one attached hydrogen (secondary N) is 1. The van der Waals surface area contributed by atoms with E-state index >= 15 is 0 Å². The van der Waals surface area contributed by atoms with Crippen LogP contribution in [-0.4, -0.2) is 27.5 Å². The molecule has 21 heavy (non-hydrogen) atoms. The summed E-state index contributed by atoms with van der Waals surface area (Å²) < 4.78 is 0. The Labute approximate surface area is 121 Å². The van der Waals surface area contributed by atoms with Crippen molar-refractivity contribution in [2.24, 2.45) is 17.8 Å². The molecule has 1 heterocycles. The Balaban J connectivity index is 1.76. The fourth-order valence-electron chi connectivity index (χ4n) is 2.83. The highest BCUT2D eigenvalue weighted by atomic mass is 16.6. The Morgan fingerprint density at radius 1 is 1.38 bits per heavy atom. The SMILES string of the molecule is O=C(O)c1ccc([N+](=O)[O-])c(NCC(C2CC2)C2CC2)n1. The lowest BCUT2D eigenvalue weighted by atomic mass is 9.98. The van der Waals surface area contributed by atoms with E-state index in [2.05, 4.69) is 10.3 Å². The van der Waals surface area contributed by atoms with Crippen molar-refractivity contribution in [2.45, 2.75) is 25.7 Å². The molecule has 7 heteroatoms. The molecule has 2 fully saturated rings. The Morgan fingerprint density at radius 3 is 2.48 bits per heavy atom. The van der Waals surface area contributed by atoms with Crippen LogP contribution in [0, 0.1) is 27.9 Å². The highest BCUT2D eigenvalue weighted by Gasteiger charge is 2.41. The number of hydrogen-bond donors (Lipinski definition) is 2. The summed E-state index contributed by atoms with van der Waals surface area (Å²) in [5, 5.41) is 23.0. The molecule has 2 saturated carbocycles. The van der Waals surface area contributed by atoms with Crippen LogP contribution in [0.15, 0.2) is 12.1 Å². The molecule has 0 bridgehead atoms. The third-order valence-corrected chi connectivity index (χ3v) is 4.25. The number of anilines is 1. The lowest BCUT2D eigenvalue weighted by Gasteiger charge is -2.16. The monoisotopic (exact) mass is 291 g/mol. The van der Waals surface area contributed by atoms with Crippen molar-refractivity contribution in [3.8, 4) is 0 Å². The Bertz CT molecular complexity index is 570. The van der Waals surface area contributed by atoms with Crippen molar-refractivity contribution in [3.63, 3.8) is 0 Å². The van der Waals surface area contributed by atoms with Crippen molar-refractivity contribution < 1.29 is 14.8 Å². The van der Waals surface area contributed by atoms with E-state index in [1.54, 1.807) is 0 Å². The predicted molar refractivity (Wildman–Crippen MR) is 75.3 cm³/mol. The van der Waals surface area contributed by atoms with Gasteiger partial charge in [-0.1, -0.05) is 0 Å². The Morgan fingerprint density at radius 2 is 2.00 bits per heavy atom. The first-order valence-electron chi connectivity index (χ1n) is 7.19. The minimum Gasteiger partial charge on any atom is -0.477 e. The highest BCUT2D eigenvalue weighted by Crippen LogP contribution is 2.49. The largest absolute Gasteiger partial charge is 0.477 e. The second kappa shape index (κ2) is 5.31. The normalized spacial score (nSPS) is 17.8. The lowest BCUT2D eigenvalue weighted by Crippen LogP contribution is -2.20. The number of pyridine rings is 1. The second-order valence-corrected chi connectivity index (χ2v) is 5.85. The molecule has 2 aliphatic carbocycles. The number of carboxylic acids is 1. The van der Waals surface area contributed by atoms with E-state index in [0.717, 1.165) is 6.07 Å². The highest BCUT2D eigenvalue weighted by molar-refractivity contribution is 5.86. The first kappa shape index (κ1) is 13.8. The summed E-state index contributed by atoms with van der Waals surface area (Å²) in [4.78, 5) is 25.3. The first-order valence-corrected chi connectivity index (χ1v) is 7.19. The molecule has 0 atom stereocenters. The van der Waals surface area contributed by atoms with Gasteiger partial charge in [0.1, 0.15) is 0 Å². The topological polar surface area (TPSA) is 105 Å². The minimum absolute atomic E-state index is 0.0613. The van der Waals surface area contributed by atoms with Crippen molar-refractivity contribution in [1.29, 1.82) is 0 Å². The van der Waals surface area contributed by atoms with Crippen molar-refractivity contribution in [3.05, 3.63) is 27.9 Å². The maximum Gasteiger partial charge on any atom is 0.354 e. The number of carboxylic acid groups (broad SMARTS) is 1. The summed E-state index contributed by atoms with van der Waals surface area (Å²) in [6, 6.07) is 2.35. The number of carbonyl (C=O) groups is 1. The van der Waals surface area contributed by atoms with Gasteiger partial charge >= 0.3 is 11.7 Å². The number of rotatable bonds is 7. The number of nitrogens with zero attached hydrogens (tertiary/aromatic N) is 2. The second-order valence-electron chi connectivity index (χ2n) is 5.85. The smallest absolute Gasteiger partial charge is 0.354 e. The molecular formula is C14H17N3O4. The van der Waals surface area contributed by atoms with Crippen LogP contribution in [-0.2, 0) is 0 Å². The molecule has 0 saturated heterocycles. The molecule has 112 valence electrons. The molecule has 0 unspecified atom stereocenters. The van der Waals surface area contributed by atoms with Gasteiger partial charge in [-0.15, -0.1) is 0 Å².